The highest BCUT2D eigenvalue weighted by Crippen LogP contribution is 2.46. The molecule has 2 aliphatic heterocycles. The van der Waals surface area contributed by atoms with E-state index in [0.29, 0.717) is 37.6 Å². The van der Waals surface area contributed by atoms with Gasteiger partial charge in [0.1, 0.15) is 11.6 Å². The van der Waals surface area contributed by atoms with Crippen molar-refractivity contribution in [1.82, 2.24) is 29.5 Å². The number of carboxylic acid groups (broad SMARTS) is 1. The van der Waals surface area contributed by atoms with Gasteiger partial charge >= 0.3 is 11.9 Å². The maximum absolute atomic E-state index is 11.7. The van der Waals surface area contributed by atoms with Crippen molar-refractivity contribution in [1.29, 1.82) is 0 Å². The van der Waals surface area contributed by atoms with Gasteiger partial charge in [0.05, 0.1) is 67.8 Å². The van der Waals surface area contributed by atoms with Crippen molar-refractivity contribution >= 4 is 23.6 Å². The number of carbonyl (C=O) groups excluding carboxylic acids is 1. The summed E-state index contributed by atoms with van der Waals surface area (Å²) in [5.41, 5.74) is 4.03. The van der Waals surface area contributed by atoms with Crippen LogP contribution >= 0.6 is 0 Å². The number of methoxy groups -OCH3 is 1. The topological polar surface area (TPSA) is 161 Å². The minimum atomic E-state index is -0.973. The van der Waals surface area contributed by atoms with Crippen molar-refractivity contribution in [2.45, 2.75) is 46.1 Å². The van der Waals surface area contributed by atoms with Crippen molar-refractivity contribution in [2.24, 2.45) is 23.7 Å². The Labute approximate surface area is 284 Å². The molecule has 0 aromatic carbocycles. The van der Waals surface area contributed by atoms with E-state index < -0.39 is 5.97 Å². The zero-order chi connectivity index (χ0) is 34.1. The second-order valence-electron chi connectivity index (χ2n) is 13.3. The fourth-order valence-corrected chi connectivity index (χ4v) is 6.93. The number of hydrogen-bond donors (Lipinski definition) is 2. The van der Waals surface area contributed by atoms with Crippen molar-refractivity contribution in [3.8, 4) is 0 Å². The van der Waals surface area contributed by atoms with Crippen LogP contribution in [0.2, 0.25) is 0 Å². The van der Waals surface area contributed by atoms with E-state index in [1.165, 1.54) is 31.4 Å². The average molecular weight is 671 g/mol. The van der Waals surface area contributed by atoms with E-state index in [-0.39, 0.29) is 18.1 Å². The zero-order valence-corrected chi connectivity index (χ0v) is 27.8. The van der Waals surface area contributed by atoms with Crippen LogP contribution in [0, 0.1) is 23.7 Å². The monoisotopic (exact) mass is 670 g/mol. The van der Waals surface area contributed by atoms with E-state index in [9.17, 15) is 14.7 Å². The molecule has 2 saturated carbocycles. The third-order valence-electron chi connectivity index (χ3n) is 9.83. The Balaban J connectivity index is 0.000000154. The molecule has 4 aliphatic rings. The number of hydrogen-bond acceptors (Lipinski definition) is 11. The summed E-state index contributed by atoms with van der Waals surface area (Å²) in [4.78, 5) is 36.8. The number of anilines is 2. The van der Waals surface area contributed by atoms with Gasteiger partial charge in [-0.05, 0) is 66.7 Å². The van der Waals surface area contributed by atoms with Crippen molar-refractivity contribution < 1.29 is 29.3 Å². The van der Waals surface area contributed by atoms with E-state index in [4.69, 9.17) is 19.6 Å². The molecule has 2 aliphatic carbocycles. The van der Waals surface area contributed by atoms with E-state index in [1.807, 2.05) is 24.3 Å². The van der Waals surface area contributed by atoms with Crippen molar-refractivity contribution in [3.63, 3.8) is 0 Å². The lowest BCUT2D eigenvalue weighted by atomic mass is 10.2. The number of esters is 1. The lowest BCUT2D eigenvalue weighted by molar-refractivity contribution is 0.0525. The molecule has 0 amide bonds. The molecular weight excluding hydrogens is 628 g/mol. The minimum absolute atomic E-state index is 0.115. The van der Waals surface area contributed by atoms with Crippen LogP contribution in [0.15, 0.2) is 49.1 Å². The summed E-state index contributed by atoms with van der Waals surface area (Å²) in [6, 6.07) is 8.09. The first-order valence-electron chi connectivity index (χ1n) is 16.8. The van der Waals surface area contributed by atoms with Gasteiger partial charge in [0.15, 0.2) is 0 Å². The van der Waals surface area contributed by atoms with Crippen LogP contribution in [-0.4, -0.2) is 91.6 Å². The van der Waals surface area contributed by atoms with E-state index in [2.05, 4.69) is 25.0 Å². The summed E-state index contributed by atoms with van der Waals surface area (Å²) in [6.07, 6.45) is 8.75. The summed E-state index contributed by atoms with van der Waals surface area (Å²) >= 11 is 0. The van der Waals surface area contributed by atoms with Gasteiger partial charge < -0.3 is 29.5 Å². The normalized spacial score (nSPS) is 21.5. The molecule has 4 aromatic rings. The highest BCUT2D eigenvalue weighted by Gasteiger charge is 2.46. The number of rotatable bonds is 12. The number of carbonyl (C=O) groups is 2. The molecule has 4 fully saturated rings. The molecule has 6 heterocycles. The second-order valence-corrected chi connectivity index (χ2v) is 13.3. The van der Waals surface area contributed by atoms with Crippen LogP contribution in [-0.2, 0) is 35.8 Å². The molecule has 4 aromatic heterocycles. The third-order valence-corrected chi connectivity index (χ3v) is 9.83. The van der Waals surface area contributed by atoms with Gasteiger partial charge in [0.25, 0.3) is 0 Å². The Bertz CT molecular complexity index is 1800. The fraction of sp³-hybridized carbons (Fsp3) is 0.486. The number of fused-ring (bicyclic) bond motifs is 2. The Morgan fingerprint density at radius 1 is 0.796 bits per heavy atom. The third kappa shape index (κ3) is 7.44. The average Bonchev–Trinajstić information content (AvgIpc) is 3.63. The van der Waals surface area contributed by atoms with Gasteiger partial charge in [-0.2, -0.15) is 10.2 Å². The van der Waals surface area contributed by atoms with Crippen molar-refractivity contribution in [2.75, 3.05) is 49.7 Å². The summed E-state index contributed by atoms with van der Waals surface area (Å²) < 4.78 is 13.5. The molecule has 14 heteroatoms. The summed E-state index contributed by atoms with van der Waals surface area (Å²) in [5.74, 6) is 3.98. The van der Waals surface area contributed by atoms with Gasteiger partial charge in [-0.25, -0.2) is 19.6 Å². The first-order chi connectivity index (χ1) is 23.8. The quantitative estimate of drug-likeness (QED) is 0.212. The van der Waals surface area contributed by atoms with Gasteiger partial charge in [0.2, 0.25) is 0 Å². The Kier molecular flexibility index (Phi) is 9.32. The van der Waals surface area contributed by atoms with E-state index in [0.717, 1.165) is 78.3 Å². The lowest BCUT2D eigenvalue weighted by Gasteiger charge is -2.20. The number of carboxylic acids is 1. The molecule has 0 spiro atoms. The number of aromatic carboxylic acids is 1. The van der Waals surface area contributed by atoms with E-state index >= 15 is 0 Å². The standard InChI is InChI=1S/C18H22N4O3.C17H20N4O3/c1-2-25-18(24)15-6-19-22(10-15)9-12-3-4-17(20-16(12)11-23)21-7-13-5-14(13)8-21;1-24-10-15-11(8-21-9-14(5-18-21)17(22)23)2-3-16(19-15)20-6-12-4-13(12)7-20/h3-4,6,10,13-14,23H,2,5,7-9,11H2,1H3;2-3,5,9,12-13H,4,6-8,10H2,1H3,(H,22,23). The van der Waals surface area contributed by atoms with E-state index in [1.54, 1.807) is 29.6 Å². The number of piperidine rings is 2. The first-order valence-corrected chi connectivity index (χ1v) is 16.8. The molecule has 0 bridgehead atoms. The lowest BCUT2D eigenvalue weighted by Crippen LogP contribution is -2.23. The summed E-state index contributed by atoms with van der Waals surface area (Å²) in [7, 11) is 1.65. The Morgan fingerprint density at radius 3 is 1.80 bits per heavy atom. The van der Waals surface area contributed by atoms with Crippen LogP contribution < -0.4 is 9.80 Å². The van der Waals surface area contributed by atoms with Gasteiger partial charge in [-0.1, -0.05) is 12.1 Å². The van der Waals surface area contributed by atoms with Crippen LogP contribution in [0.4, 0.5) is 11.6 Å². The number of nitrogens with zero attached hydrogens (tertiary/aromatic N) is 8. The molecule has 0 radical (unpaired) electrons. The summed E-state index contributed by atoms with van der Waals surface area (Å²) in [5, 5.41) is 27.0. The van der Waals surface area contributed by atoms with Crippen LogP contribution in [0.5, 0.6) is 0 Å². The molecule has 258 valence electrons. The fourth-order valence-electron chi connectivity index (χ4n) is 6.93. The second kappa shape index (κ2) is 14.0. The highest BCUT2D eigenvalue weighted by atomic mass is 16.5. The molecule has 2 N–H and O–H groups in total. The maximum Gasteiger partial charge on any atom is 0.341 e. The molecule has 14 nitrogen and oxygen atoms in total. The Morgan fingerprint density at radius 2 is 1.31 bits per heavy atom. The number of pyridine rings is 2. The number of aromatic nitrogens is 6. The molecule has 8 rings (SSSR count). The zero-order valence-electron chi connectivity index (χ0n) is 27.8. The van der Waals surface area contributed by atoms with Gasteiger partial charge in [-0.3, -0.25) is 9.36 Å². The number of ether oxygens (including phenoxy) is 2. The largest absolute Gasteiger partial charge is 0.478 e. The minimum Gasteiger partial charge on any atom is -0.478 e. The molecule has 4 unspecified atom stereocenters. The Hall–Kier alpha value is -4.82. The highest BCUT2D eigenvalue weighted by molar-refractivity contribution is 5.88. The molecule has 2 saturated heterocycles. The molecular formula is C35H42N8O6. The predicted molar refractivity (Wildman–Crippen MR) is 178 cm³/mol. The SMILES string of the molecule is CCOC(=O)c1cnn(Cc2ccc(N3CC4CC4C3)nc2CO)c1.COCc1nc(N2CC3CC3C2)ccc1Cn1cc(C(=O)O)cn1. The molecule has 49 heavy (non-hydrogen) atoms. The van der Waals surface area contributed by atoms with Gasteiger partial charge in [0, 0.05) is 45.7 Å². The van der Waals surface area contributed by atoms with Crippen LogP contribution in [0.25, 0.3) is 0 Å². The first kappa shape index (κ1) is 32.7. The smallest absolute Gasteiger partial charge is 0.341 e. The maximum atomic E-state index is 11.7. The summed E-state index contributed by atoms with van der Waals surface area (Å²) in [6.45, 7) is 7.70. The van der Waals surface area contributed by atoms with Crippen LogP contribution in [0.3, 0.4) is 0 Å². The molecule has 4 atom stereocenters. The van der Waals surface area contributed by atoms with Gasteiger partial charge in [-0.15, -0.1) is 0 Å². The van der Waals surface area contributed by atoms with Crippen LogP contribution in [0.1, 0.15) is 63.0 Å². The predicted octanol–water partition coefficient (Wildman–Crippen LogP) is 3.08. The number of aliphatic hydroxyl groups excluding tert-OH is 1. The number of aliphatic hydroxyl groups is 1. The van der Waals surface area contributed by atoms with Crippen molar-refractivity contribution in [3.05, 3.63) is 82.7 Å².